The second kappa shape index (κ2) is 4.53. The first-order chi connectivity index (χ1) is 7.68. The summed E-state index contributed by atoms with van der Waals surface area (Å²) in [6.07, 6.45) is 0. The highest BCUT2D eigenvalue weighted by molar-refractivity contribution is 8.17. The van der Waals surface area contributed by atoms with Crippen LogP contribution in [0.3, 0.4) is 0 Å². The third kappa shape index (κ3) is 2.17. The number of hydrogen-bond acceptors (Lipinski definition) is 4. The van der Waals surface area contributed by atoms with Gasteiger partial charge in [0.1, 0.15) is 6.61 Å². The predicted octanol–water partition coefficient (Wildman–Crippen LogP) is 2.39. The van der Waals surface area contributed by atoms with Crippen molar-refractivity contribution < 1.29 is 14.3 Å². The first-order valence-electron chi connectivity index (χ1n) is 4.82. The Labute approximate surface area is 97.5 Å². The molecule has 1 aliphatic rings. The first-order valence-corrected chi connectivity index (χ1v) is 5.64. The van der Waals surface area contributed by atoms with Crippen LogP contribution in [0.1, 0.15) is 17.3 Å². The van der Waals surface area contributed by atoms with Gasteiger partial charge in [-0.1, -0.05) is 30.3 Å². The largest absolute Gasteiger partial charge is 0.457 e. The van der Waals surface area contributed by atoms with Crippen molar-refractivity contribution in [3.05, 3.63) is 46.4 Å². The maximum Gasteiger partial charge on any atom is 0.335 e. The predicted molar refractivity (Wildman–Crippen MR) is 62.0 cm³/mol. The number of ether oxygens (including phenoxy) is 1. The smallest absolute Gasteiger partial charge is 0.335 e. The van der Waals surface area contributed by atoms with Gasteiger partial charge in [0.2, 0.25) is 5.12 Å². The van der Waals surface area contributed by atoms with E-state index in [9.17, 15) is 9.59 Å². The molecule has 1 heterocycles. The summed E-state index contributed by atoms with van der Waals surface area (Å²) >= 11 is 1.07. The molecule has 0 bridgehead atoms. The number of hydrogen-bond donors (Lipinski definition) is 0. The van der Waals surface area contributed by atoms with Crippen LogP contribution in [0.15, 0.2) is 40.8 Å². The van der Waals surface area contributed by atoms with E-state index in [1.54, 1.807) is 19.1 Å². The molecule has 82 valence electrons. The van der Waals surface area contributed by atoms with E-state index in [1.807, 2.05) is 18.2 Å². The Morgan fingerprint density at radius 2 is 2.00 bits per heavy atom. The maximum atomic E-state index is 11.8. The molecule has 0 amide bonds. The van der Waals surface area contributed by atoms with Crippen molar-refractivity contribution in [1.29, 1.82) is 0 Å². The number of carbonyl (C=O) groups is 2. The molecular formula is C12H10O3S. The maximum absolute atomic E-state index is 11.8. The van der Waals surface area contributed by atoms with Gasteiger partial charge in [-0.15, -0.1) is 0 Å². The third-order valence-corrected chi connectivity index (χ3v) is 3.38. The second-order valence-corrected chi connectivity index (χ2v) is 4.45. The highest BCUT2D eigenvalue weighted by Crippen LogP contribution is 2.28. The number of esters is 1. The molecule has 0 atom stereocenters. The Bertz CT molecular complexity index is 462. The first kappa shape index (κ1) is 11.0. The molecule has 3 nitrogen and oxygen atoms in total. The van der Waals surface area contributed by atoms with Crippen LogP contribution in [0.5, 0.6) is 0 Å². The summed E-state index contributed by atoms with van der Waals surface area (Å²) in [5, 5.41) is -0.0618. The topological polar surface area (TPSA) is 43.4 Å². The lowest BCUT2D eigenvalue weighted by atomic mass is 10.2. The molecule has 4 heteroatoms. The molecule has 0 aromatic heterocycles. The van der Waals surface area contributed by atoms with E-state index in [2.05, 4.69) is 0 Å². The van der Waals surface area contributed by atoms with Gasteiger partial charge in [0.05, 0.1) is 0 Å². The molecule has 0 N–H and O–H groups in total. The summed E-state index contributed by atoms with van der Waals surface area (Å²) < 4.78 is 4.83. The molecule has 0 saturated carbocycles. The van der Waals surface area contributed by atoms with Gasteiger partial charge >= 0.3 is 5.97 Å². The fourth-order valence-corrected chi connectivity index (χ4v) is 2.14. The minimum absolute atomic E-state index is 0.0618. The van der Waals surface area contributed by atoms with Crippen molar-refractivity contribution in [3.63, 3.8) is 0 Å². The van der Waals surface area contributed by atoms with Crippen molar-refractivity contribution in [2.75, 3.05) is 6.61 Å². The van der Waals surface area contributed by atoms with E-state index in [4.69, 9.17) is 4.74 Å². The van der Waals surface area contributed by atoms with E-state index in [0.717, 1.165) is 11.8 Å². The SMILES string of the molecule is CC1=C(SC(=O)c2ccccc2)COC1=O. The zero-order valence-corrected chi connectivity index (χ0v) is 9.54. The Balaban J connectivity index is 2.12. The van der Waals surface area contributed by atoms with E-state index in [0.29, 0.717) is 16.0 Å². The normalized spacial score (nSPS) is 15.2. The molecule has 0 aliphatic carbocycles. The summed E-state index contributed by atoms with van der Waals surface area (Å²) in [5.41, 5.74) is 1.17. The molecule has 0 saturated heterocycles. The number of carbonyl (C=O) groups excluding carboxylic acids is 2. The van der Waals surface area contributed by atoms with Gasteiger partial charge in [-0.2, -0.15) is 0 Å². The summed E-state index contributed by atoms with van der Waals surface area (Å²) in [6, 6.07) is 8.98. The van der Waals surface area contributed by atoms with Gasteiger partial charge in [-0.05, 0) is 18.7 Å². The van der Waals surface area contributed by atoms with Gasteiger partial charge in [0.15, 0.2) is 0 Å². The molecular weight excluding hydrogens is 224 g/mol. The molecule has 2 rings (SSSR count). The van der Waals surface area contributed by atoms with E-state index >= 15 is 0 Å². The molecule has 1 aromatic carbocycles. The van der Waals surface area contributed by atoms with Gasteiger partial charge < -0.3 is 4.74 Å². The molecule has 0 radical (unpaired) electrons. The minimum atomic E-state index is -0.330. The highest BCUT2D eigenvalue weighted by Gasteiger charge is 2.23. The van der Waals surface area contributed by atoms with E-state index in [1.165, 1.54) is 0 Å². The van der Waals surface area contributed by atoms with Gasteiger partial charge in [-0.25, -0.2) is 4.79 Å². The number of rotatable bonds is 2. The van der Waals surface area contributed by atoms with Gasteiger partial charge in [-0.3, -0.25) is 4.79 Å². The lowest BCUT2D eigenvalue weighted by Gasteiger charge is -2.00. The second-order valence-electron chi connectivity index (χ2n) is 3.38. The van der Waals surface area contributed by atoms with Crippen molar-refractivity contribution >= 4 is 22.8 Å². The summed E-state index contributed by atoms with van der Waals surface area (Å²) in [5.74, 6) is -0.330. The van der Waals surface area contributed by atoms with E-state index in [-0.39, 0.29) is 17.7 Å². The Kier molecular flexibility index (Phi) is 3.10. The monoisotopic (exact) mass is 234 g/mol. The standard InChI is InChI=1S/C12H10O3S/c1-8-10(7-15-11(8)13)16-12(14)9-5-3-2-4-6-9/h2-6H,7H2,1H3. The average Bonchev–Trinajstić information content (AvgIpc) is 2.62. The minimum Gasteiger partial charge on any atom is -0.457 e. The highest BCUT2D eigenvalue weighted by atomic mass is 32.2. The summed E-state index contributed by atoms with van der Waals surface area (Å²) in [4.78, 5) is 23.6. The third-order valence-electron chi connectivity index (χ3n) is 2.28. The van der Waals surface area contributed by atoms with Crippen LogP contribution in [0, 0.1) is 0 Å². The average molecular weight is 234 g/mol. The van der Waals surface area contributed by atoms with Gasteiger partial charge in [0, 0.05) is 16.0 Å². The number of cyclic esters (lactones) is 1. The lowest BCUT2D eigenvalue weighted by molar-refractivity contribution is -0.135. The van der Waals surface area contributed by atoms with Crippen LogP contribution in [0.25, 0.3) is 0 Å². The fraction of sp³-hybridized carbons (Fsp3) is 0.167. The van der Waals surface area contributed by atoms with Crippen molar-refractivity contribution in [2.24, 2.45) is 0 Å². The Morgan fingerprint density at radius 3 is 2.56 bits per heavy atom. The molecule has 1 aliphatic heterocycles. The zero-order chi connectivity index (χ0) is 11.5. The zero-order valence-electron chi connectivity index (χ0n) is 8.73. The summed E-state index contributed by atoms with van der Waals surface area (Å²) in [7, 11) is 0. The number of thioether (sulfide) groups is 1. The fourth-order valence-electron chi connectivity index (χ4n) is 1.31. The van der Waals surface area contributed by atoms with Crippen LogP contribution < -0.4 is 0 Å². The van der Waals surface area contributed by atoms with Crippen molar-refractivity contribution in [1.82, 2.24) is 0 Å². The van der Waals surface area contributed by atoms with Crippen LogP contribution >= 0.6 is 11.8 Å². The van der Waals surface area contributed by atoms with Crippen molar-refractivity contribution in [2.45, 2.75) is 6.92 Å². The van der Waals surface area contributed by atoms with Crippen molar-refractivity contribution in [3.8, 4) is 0 Å². The van der Waals surface area contributed by atoms with Crippen LogP contribution in [-0.2, 0) is 9.53 Å². The molecule has 0 spiro atoms. The van der Waals surface area contributed by atoms with E-state index < -0.39 is 0 Å². The lowest BCUT2D eigenvalue weighted by Crippen LogP contribution is -1.95. The molecule has 1 aromatic rings. The molecule has 0 unspecified atom stereocenters. The Morgan fingerprint density at radius 1 is 1.31 bits per heavy atom. The van der Waals surface area contributed by atoms with Gasteiger partial charge in [0.25, 0.3) is 0 Å². The van der Waals surface area contributed by atoms with Crippen LogP contribution in [0.4, 0.5) is 0 Å². The quantitative estimate of drug-likeness (QED) is 0.737. The summed E-state index contributed by atoms with van der Waals surface area (Å²) in [6.45, 7) is 1.89. The molecule has 0 fully saturated rings. The van der Waals surface area contributed by atoms with Crippen LogP contribution in [-0.4, -0.2) is 17.7 Å². The van der Waals surface area contributed by atoms with Crippen LogP contribution in [0.2, 0.25) is 0 Å². The Hall–Kier alpha value is -1.55. The number of benzene rings is 1. The molecule has 16 heavy (non-hydrogen) atoms.